The third kappa shape index (κ3) is 2.68. The highest BCUT2D eigenvalue weighted by molar-refractivity contribution is 9.11. The van der Waals surface area contributed by atoms with Gasteiger partial charge in [-0.25, -0.2) is 9.97 Å². The van der Waals surface area contributed by atoms with E-state index in [9.17, 15) is 0 Å². The molecule has 0 fully saturated rings. The van der Waals surface area contributed by atoms with Crippen LogP contribution in [0.15, 0.2) is 38.4 Å². The molecule has 4 nitrogen and oxygen atoms in total. The lowest BCUT2D eigenvalue weighted by Crippen LogP contribution is -2.18. The van der Waals surface area contributed by atoms with Crippen molar-refractivity contribution in [3.63, 3.8) is 0 Å². The third-order valence-electron chi connectivity index (χ3n) is 2.73. The smallest absolute Gasteiger partial charge is 0.180 e. The summed E-state index contributed by atoms with van der Waals surface area (Å²) in [6, 6.07) is 2.13. The van der Waals surface area contributed by atoms with E-state index in [0.29, 0.717) is 0 Å². The predicted molar refractivity (Wildman–Crippen MR) is 84.8 cm³/mol. The molecule has 0 aliphatic heterocycles. The molecule has 0 aromatic carbocycles. The molecule has 7 heteroatoms. The molecule has 19 heavy (non-hydrogen) atoms. The largest absolute Gasteiger partial charge is 0.352 e. The number of aromatic nitrogens is 3. The highest BCUT2D eigenvalue weighted by atomic mass is 79.9. The van der Waals surface area contributed by atoms with Crippen LogP contribution in [0.5, 0.6) is 0 Å². The molecule has 0 radical (unpaired) electrons. The second-order valence-corrected chi connectivity index (χ2v) is 7.26. The van der Waals surface area contributed by atoms with Gasteiger partial charge >= 0.3 is 0 Å². The zero-order valence-corrected chi connectivity index (χ0v) is 14.0. The van der Waals surface area contributed by atoms with Gasteiger partial charge in [-0.3, -0.25) is 0 Å². The molecule has 0 saturated heterocycles. The summed E-state index contributed by atoms with van der Waals surface area (Å²) in [6.07, 6.45) is 5.60. The fourth-order valence-electron chi connectivity index (χ4n) is 1.92. The topological polar surface area (TPSA) is 33.4 Å². The van der Waals surface area contributed by atoms with Gasteiger partial charge in [0.1, 0.15) is 4.60 Å². The van der Waals surface area contributed by atoms with Crippen molar-refractivity contribution in [2.24, 2.45) is 0 Å². The molecule has 0 saturated carbocycles. The van der Waals surface area contributed by atoms with E-state index in [0.717, 1.165) is 26.4 Å². The van der Waals surface area contributed by atoms with E-state index in [1.807, 2.05) is 23.8 Å². The SMILES string of the molecule is CN(Cc1csc(Br)c1)c1nc(Br)cn2ccnc12. The van der Waals surface area contributed by atoms with Crippen LogP contribution in [0.3, 0.4) is 0 Å². The van der Waals surface area contributed by atoms with Gasteiger partial charge in [0, 0.05) is 32.2 Å². The van der Waals surface area contributed by atoms with Crippen molar-refractivity contribution in [2.75, 3.05) is 11.9 Å². The average molecular weight is 402 g/mol. The number of thiophene rings is 1. The van der Waals surface area contributed by atoms with Gasteiger partial charge < -0.3 is 9.30 Å². The van der Waals surface area contributed by atoms with Crippen LogP contribution in [0.1, 0.15) is 5.56 Å². The molecule has 0 bridgehead atoms. The van der Waals surface area contributed by atoms with Crippen molar-refractivity contribution in [3.05, 3.63) is 44.0 Å². The van der Waals surface area contributed by atoms with Gasteiger partial charge in [0.05, 0.1) is 3.79 Å². The van der Waals surface area contributed by atoms with Crippen molar-refractivity contribution in [2.45, 2.75) is 6.54 Å². The van der Waals surface area contributed by atoms with Crippen LogP contribution in [0.4, 0.5) is 5.82 Å². The molecule has 0 amide bonds. The van der Waals surface area contributed by atoms with E-state index < -0.39 is 0 Å². The second kappa shape index (κ2) is 5.22. The van der Waals surface area contributed by atoms with Crippen molar-refractivity contribution in [1.82, 2.24) is 14.4 Å². The quantitative estimate of drug-likeness (QED) is 0.666. The molecule has 0 N–H and O–H groups in total. The zero-order valence-electron chi connectivity index (χ0n) is 10.0. The number of nitrogens with zero attached hydrogens (tertiary/aromatic N) is 4. The van der Waals surface area contributed by atoms with Crippen molar-refractivity contribution in [3.8, 4) is 0 Å². The Kier molecular flexibility index (Phi) is 3.60. The summed E-state index contributed by atoms with van der Waals surface area (Å²) in [7, 11) is 2.02. The Morgan fingerprint density at radius 3 is 3.00 bits per heavy atom. The second-order valence-electron chi connectivity index (χ2n) is 4.16. The summed E-state index contributed by atoms with van der Waals surface area (Å²) in [4.78, 5) is 11.0. The molecule has 3 rings (SSSR count). The minimum absolute atomic E-state index is 0.798. The Hall–Kier alpha value is -0.920. The molecule has 3 heterocycles. The first-order chi connectivity index (χ1) is 9.13. The molecule has 0 atom stereocenters. The average Bonchev–Trinajstić information content (AvgIpc) is 2.96. The van der Waals surface area contributed by atoms with E-state index in [1.54, 1.807) is 17.5 Å². The molecule has 3 aromatic heterocycles. The summed E-state index contributed by atoms with van der Waals surface area (Å²) in [5, 5.41) is 2.14. The Bertz CT molecular complexity index is 721. The monoisotopic (exact) mass is 400 g/mol. The van der Waals surface area contributed by atoms with E-state index in [1.165, 1.54) is 5.56 Å². The minimum atomic E-state index is 0.798. The highest BCUT2D eigenvalue weighted by Gasteiger charge is 2.12. The summed E-state index contributed by atoms with van der Waals surface area (Å²) < 4.78 is 3.90. The Morgan fingerprint density at radius 2 is 2.26 bits per heavy atom. The zero-order chi connectivity index (χ0) is 13.4. The van der Waals surface area contributed by atoms with E-state index in [-0.39, 0.29) is 0 Å². The lowest BCUT2D eigenvalue weighted by molar-refractivity contribution is 0.890. The summed E-state index contributed by atoms with van der Waals surface area (Å²) in [6.45, 7) is 0.800. The lowest BCUT2D eigenvalue weighted by atomic mass is 10.3. The number of hydrogen-bond donors (Lipinski definition) is 0. The molecule has 3 aromatic rings. The van der Waals surface area contributed by atoms with Crippen LogP contribution in [0.2, 0.25) is 0 Å². The van der Waals surface area contributed by atoms with Gasteiger partial charge in [0.15, 0.2) is 11.5 Å². The first-order valence-corrected chi connectivity index (χ1v) is 8.03. The standard InChI is InChI=1S/C12H10Br2N4S/c1-17(5-8-4-10(14)19-7-8)12-11-15-2-3-18(11)6-9(13)16-12/h2-4,6-7H,5H2,1H3. The first kappa shape index (κ1) is 13.1. The lowest BCUT2D eigenvalue weighted by Gasteiger charge is -2.18. The van der Waals surface area contributed by atoms with Gasteiger partial charge in [-0.05, 0) is 48.9 Å². The molecule has 98 valence electrons. The number of hydrogen-bond acceptors (Lipinski definition) is 4. The van der Waals surface area contributed by atoms with Crippen molar-refractivity contribution < 1.29 is 0 Å². The molecule has 0 aliphatic carbocycles. The number of anilines is 1. The highest BCUT2D eigenvalue weighted by Crippen LogP contribution is 2.25. The Morgan fingerprint density at radius 1 is 1.42 bits per heavy atom. The van der Waals surface area contributed by atoms with E-state index in [2.05, 4.69) is 58.2 Å². The number of rotatable bonds is 3. The van der Waals surface area contributed by atoms with E-state index >= 15 is 0 Å². The van der Waals surface area contributed by atoms with Crippen molar-refractivity contribution >= 4 is 54.7 Å². The predicted octanol–water partition coefficient (Wildman–Crippen LogP) is 3.95. The Balaban J connectivity index is 1.96. The summed E-state index contributed by atoms with van der Waals surface area (Å²) in [5.41, 5.74) is 2.12. The number of imidazole rings is 1. The fraction of sp³-hybridized carbons (Fsp3) is 0.167. The molecular weight excluding hydrogens is 392 g/mol. The van der Waals surface area contributed by atoms with Crippen LogP contribution in [0, 0.1) is 0 Å². The number of fused-ring (bicyclic) bond motifs is 1. The van der Waals surface area contributed by atoms with Gasteiger partial charge in [-0.2, -0.15) is 0 Å². The maximum Gasteiger partial charge on any atom is 0.180 e. The molecule has 0 unspecified atom stereocenters. The van der Waals surface area contributed by atoms with E-state index in [4.69, 9.17) is 0 Å². The van der Waals surface area contributed by atoms with Crippen molar-refractivity contribution in [1.29, 1.82) is 0 Å². The minimum Gasteiger partial charge on any atom is -0.352 e. The fourth-order valence-corrected chi connectivity index (χ4v) is 3.51. The van der Waals surface area contributed by atoms with Gasteiger partial charge in [0.25, 0.3) is 0 Å². The third-order valence-corrected chi connectivity index (χ3v) is 4.67. The molecular formula is C12H10Br2N4S. The van der Waals surface area contributed by atoms with Gasteiger partial charge in [0.2, 0.25) is 0 Å². The van der Waals surface area contributed by atoms with Crippen LogP contribution in [0.25, 0.3) is 5.65 Å². The van der Waals surface area contributed by atoms with Crippen LogP contribution in [-0.2, 0) is 6.54 Å². The summed E-state index contributed by atoms with van der Waals surface area (Å²) >= 11 is 8.61. The molecule has 0 spiro atoms. The maximum absolute atomic E-state index is 4.53. The Labute approximate surface area is 131 Å². The van der Waals surface area contributed by atoms with Crippen LogP contribution < -0.4 is 4.90 Å². The number of halogens is 2. The maximum atomic E-state index is 4.53. The molecule has 0 aliphatic rings. The van der Waals surface area contributed by atoms with Gasteiger partial charge in [-0.1, -0.05) is 0 Å². The summed E-state index contributed by atoms with van der Waals surface area (Å²) in [5.74, 6) is 0.863. The van der Waals surface area contributed by atoms with Gasteiger partial charge in [-0.15, -0.1) is 11.3 Å². The van der Waals surface area contributed by atoms with Crippen LogP contribution in [-0.4, -0.2) is 21.4 Å². The van der Waals surface area contributed by atoms with Crippen LogP contribution >= 0.6 is 43.2 Å². The first-order valence-electron chi connectivity index (χ1n) is 5.57. The normalized spacial score (nSPS) is 11.1.